The zero-order valence-electron chi connectivity index (χ0n) is 15.8. The SMILES string of the molecule is CCOC(=O)c1c(N/C=C(/C#N)c2nc3cc(Cl)ccc3o2)sc2c1CCCC2. The molecular formula is C21H18ClN3O3S. The van der Waals surface area contributed by atoms with E-state index in [1.165, 1.54) is 22.4 Å². The molecule has 0 amide bonds. The summed E-state index contributed by atoms with van der Waals surface area (Å²) >= 11 is 7.53. The van der Waals surface area contributed by atoms with Gasteiger partial charge in [-0.1, -0.05) is 11.6 Å². The number of fused-ring (bicyclic) bond motifs is 2. The van der Waals surface area contributed by atoms with Crippen molar-refractivity contribution in [2.45, 2.75) is 32.6 Å². The predicted octanol–water partition coefficient (Wildman–Crippen LogP) is 5.57. The summed E-state index contributed by atoms with van der Waals surface area (Å²) in [5.74, 6) is -0.144. The first-order valence-corrected chi connectivity index (χ1v) is 10.5. The molecule has 0 fully saturated rings. The molecule has 8 heteroatoms. The van der Waals surface area contributed by atoms with E-state index in [1.54, 1.807) is 25.1 Å². The van der Waals surface area contributed by atoms with Gasteiger partial charge in [-0.25, -0.2) is 9.78 Å². The van der Waals surface area contributed by atoms with Gasteiger partial charge in [-0.05, 0) is 56.4 Å². The lowest BCUT2D eigenvalue weighted by Crippen LogP contribution is -2.10. The maximum absolute atomic E-state index is 12.5. The highest BCUT2D eigenvalue weighted by Crippen LogP contribution is 2.39. The number of nitrogens with zero attached hydrogens (tertiary/aromatic N) is 2. The number of nitriles is 1. The van der Waals surface area contributed by atoms with Gasteiger partial charge in [0.25, 0.3) is 0 Å². The zero-order chi connectivity index (χ0) is 20.4. The molecule has 148 valence electrons. The number of benzene rings is 1. The van der Waals surface area contributed by atoms with E-state index in [0.717, 1.165) is 31.2 Å². The van der Waals surface area contributed by atoms with Crippen LogP contribution in [0.4, 0.5) is 5.00 Å². The molecule has 6 nitrogen and oxygen atoms in total. The van der Waals surface area contributed by atoms with Crippen molar-refractivity contribution < 1.29 is 13.9 Å². The number of esters is 1. The second-order valence-corrected chi connectivity index (χ2v) is 8.12. The molecule has 4 rings (SSSR count). The molecule has 1 aliphatic rings. The van der Waals surface area contributed by atoms with Crippen LogP contribution in [0.1, 0.15) is 46.5 Å². The van der Waals surface area contributed by atoms with Crippen LogP contribution in [0.25, 0.3) is 16.7 Å². The third-order valence-corrected chi connectivity index (χ3v) is 6.16. The highest BCUT2D eigenvalue weighted by atomic mass is 35.5. The number of ether oxygens (including phenoxy) is 1. The summed E-state index contributed by atoms with van der Waals surface area (Å²) in [6.07, 6.45) is 5.50. The second kappa shape index (κ2) is 8.27. The number of allylic oxidation sites excluding steroid dienone is 1. The first kappa shape index (κ1) is 19.5. The standard InChI is InChI=1S/C21H18ClN3O3S/c1-2-27-21(26)18-14-5-3-4-6-17(14)29-20(18)24-11-12(10-23)19-25-15-9-13(22)7-8-16(15)28-19/h7-9,11,24H,2-6H2,1H3/b12-11-. The van der Waals surface area contributed by atoms with Crippen molar-refractivity contribution >= 4 is 50.6 Å². The molecule has 0 radical (unpaired) electrons. The van der Waals surface area contributed by atoms with E-state index >= 15 is 0 Å². The highest BCUT2D eigenvalue weighted by molar-refractivity contribution is 7.16. The van der Waals surface area contributed by atoms with Crippen molar-refractivity contribution in [3.63, 3.8) is 0 Å². The summed E-state index contributed by atoms with van der Waals surface area (Å²) in [5.41, 5.74) is 2.98. The number of anilines is 1. The van der Waals surface area contributed by atoms with Crippen molar-refractivity contribution in [3.8, 4) is 6.07 Å². The van der Waals surface area contributed by atoms with Gasteiger partial charge in [-0.15, -0.1) is 11.3 Å². The molecule has 2 aromatic heterocycles. The van der Waals surface area contributed by atoms with Crippen molar-refractivity contribution in [2.24, 2.45) is 0 Å². The first-order chi connectivity index (χ1) is 14.1. The molecule has 3 aromatic rings. The Morgan fingerprint density at radius 1 is 1.45 bits per heavy atom. The van der Waals surface area contributed by atoms with E-state index in [0.29, 0.717) is 33.3 Å². The molecular weight excluding hydrogens is 410 g/mol. The Morgan fingerprint density at radius 2 is 2.28 bits per heavy atom. The minimum Gasteiger partial charge on any atom is -0.462 e. The van der Waals surface area contributed by atoms with Crippen LogP contribution in [-0.2, 0) is 17.6 Å². The fraction of sp³-hybridized carbons (Fsp3) is 0.286. The fourth-order valence-electron chi connectivity index (χ4n) is 3.38. The Hall–Kier alpha value is -2.82. The number of rotatable bonds is 5. The smallest absolute Gasteiger partial charge is 0.341 e. The Bertz CT molecular complexity index is 1160. The van der Waals surface area contributed by atoms with Crippen LogP contribution in [0.5, 0.6) is 0 Å². The van der Waals surface area contributed by atoms with E-state index < -0.39 is 0 Å². The average molecular weight is 428 g/mol. The van der Waals surface area contributed by atoms with Gasteiger partial charge in [0.05, 0.1) is 12.2 Å². The summed E-state index contributed by atoms with van der Waals surface area (Å²) < 4.78 is 10.9. The summed E-state index contributed by atoms with van der Waals surface area (Å²) in [5, 5.41) is 13.9. The molecule has 1 aromatic carbocycles. The second-order valence-electron chi connectivity index (χ2n) is 6.58. The van der Waals surface area contributed by atoms with E-state index in [1.807, 2.05) is 0 Å². The number of hydrogen-bond donors (Lipinski definition) is 1. The Morgan fingerprint density at radius 3 is 3.07 bits per heavy atom. The van der Waals surface area contributed by atoms with E-state index in [-0.39, 0.29) is 17.4 Å². The quantitative estimate of drug-likeness (QED) is 0.422. The van der Waals surface area contributed by atoms with Gasteiger partial charge in [0.2, 0.25) is 5.89 Å². The number of nitrogens with one attached hydrogen (secondary N) is 1. The van der Waals surface area contributed by atoms with Crippen LogP contribution in [0, 0.1) is 11.3 Å². The molecule has 0 unspecified atom stereocenters. The zero-order valence-corrected chi connectivity index (χ0v) is 17.3. The number of hydrogen-bond acceptors (Lipinski definition) is 7. The number of carbonyl (C=O) groups excluding carboxylic acids is 1. The monoisotopic (exact) mass is 427 g/mol. The van der Waals surface area contributed by atoms with E-state index in [4.69, 9.17) is 20.8 Å². The molecule has 0 saturated carbocycles. The van der Waals surface area contributed by atoms with Crippen molar-refractivity contribution in [1.82, 2.24) is 4.98 Å². The van der Waals surface area contributed by atoms with Crippen molar-refractivity contribution in [1.29, 1.82) is 5.26 Å². The number of oxazole rings is 1. The van der Waals surface area contributed by atoms with Crippen LogP contribution in [-0.4, -0.2) is 17.6 Å². The number of halogens is 1. The van der Waals surface area contributed by atoms with Gasteiger partial charge in [-0.3, -0.25) is 0 Å². The fourth-order valence-corrected chi connectivity index (χ4v) is 4.80. The third kappa shape index (κ3) is 3.86. The normalized spacial score (nSPS) is 13.8. The lowest BCUT2D eigenvalue weighted by Gasteiger charge is -2.12. The minimum absolute atomic E-state index is 0.191. The number of carbonyl (C=O) groups is 1. The van der Waals surface area contributed by atoms with Crippen LogP contribution in [0.2, 0.25) is 5.02 Å². The molecule has 0 saturated heterocycles. The van der Waals surface area contributed by atoms with Gasteiger partial charge in [0, 0.05) is 16.1 Å². The predicted molar refractivity (Wildman–Crippen MR) is 113 cm³/mol. The Kier molecular flexibility index (Phi) is 5.56. The number of thiophene rings is 1. The van der Waals surface area contributed by atoms with Crippen molar-refractivity contribution in [2.75, 3.05) is 11.9 Å². The lowest BCUT2D eigenvalue weighted by atomic mass is 9.95. The molecule has 0 aliphatic heterocycles. The van der Waals surface area contributed by atoms with Gasteiger partial charge in [0.15, 0.2) is 5.58 Å². The van der Waals surface area contributed by atoms with Crippen LogP contribution >= 0.6 is 22.9 Å². The topological polar surface area (TPSA) is 88.1 Å². The first-order valence-electron chi connectivity index (χ1n) is 9.35. The van der Waals surface area contributed by atoms with Crippen LogP contribution < -0.4 is 5.32 Å². The molecule has 1 aliphatic carbocycles. The molecule has 29 heavy (non-hydrogen) atoms. The summed E-state index contributed by atoms with van der Waals surface area (Å²) in [7, 11) is 0. The molecule has 0 bridgehead atoms. The average Bonchev–Trinajstić information content (AvgIpc) is 3.29. The highest BCUT2D eigenvalue weighted by Gasteiger charge is 2.26. The maximum atomic E-state index is 12.5. The van der Waals surface area contributed by atoms with E-state index in [9.17, 15) is 10.1 Å². The largest absolute Gasteiger partial charge is 0.462 e. The minimum atomic E-state index is -0.335. The number of aryl methyl sites for hydroxylation is 1. The maximum Gasteiger partial charge on any atom is 0.341 e. The van der Waals surface area contributed by atoms with Gasteiger partial charge < -0.3 is 14.5 Å². The lowest BCUT2D eigenvalue weighted by molar-refractivity contribution is 0.0526. The van der Waals surface area contributed by atoms with Crippen LogP contribution in [0.15, 0.2) is 28.8 Å². The summed E-state index contributed by atoms with van der Waals surface area (Å²) in [6.45, 7) is 2.10. The Balaban J connectivity index is 1.68. The van der Waals surface area contributed by atoms with Crippen molar-refractivity contribution in [3.05, 3.63) is 51.3 Å². The molecule has 0 atom stereocenters. The van der Waals surface area contributed by atoms with Gasteiger partial charge in [0.1, 0.15) is 22.2 Å². The molecule has 1 N–H and O–H groups in total. The van der Waals surface area contributed by atoms with E-state index in [2.05, 4.69) is 16.4 Å². The van der Waals surface area contributed by atoms with Gasteiger partial charge >= 0.3 is 5.97 Å². The summed E-state index contributed by atoms with van der Waals surface area (Å²) in [6, 6.07) is 7.19. The molecule has 0 spiro atoms. The van der Waals surface area contributed by atoms with Crippen LogP contribution in [0.3, 0.4) is 0 Å². The van der Waals surface area contributed by atoms with Gasteiger partial charge in [-0.2, -0.15) is 5.26 Å². The molecule has 2 heterocycles. The number of aromatic nitrogens is 1. The Labute approximate surface area is 176 Å². The third-order valence-electron chi connectivity index (χ3n) is 4.70. The summed E-state index contributed by atoms with van der Waals surface area (Å²) in [4.78, 5) is 18.1.